The molecule has 7 heteroatoms. The number of thiophene rings is 1. The lowest BCUT2D eigenvalue weighted by atomic mass is 10.1. The van der Waals surface area contributed by atoms with Crippen LogP contribution in [0.15, 0.2) is 35.6 Å². The number of nitrogens with one attached hydrogen (secondary N) is 1. The SMILES string of the molecule is CN=C(NCCc1ccncc1C)N(C)Cc1ccc(Cl)s1.I. The highest BCUT2D eigenvalue weighted by Gasteiger charge is 2.08. The summed E-state index contributed by atoms with van der Waals surface area (Å²) in [4.78, 5) is 11.8. The predicted molar refractivity (Wildman–Crippen MR) is 110 cm³/mol. The van der Waals surface area contributed by atoms with E-state index in [0.29, 0.717) is 0 Å². The van der Waals surface area contributed by atoms with Crippen LogP contribution in [0.3, 0.4) is 0 Å². The van der Waals surface area contributed by atoms with Crippen molar-refractivity contribution >= 4 is 52.9 Å². The van der Waals surface area contributed by atoms with E-state index < -0.39 is 0 Å². The molecule has 0 unspecified atom stereocenters. The van der Waals surface area contributed by atoms with Gasteiger partial charge in [-0.2, -0.15) is 0 Å². The van der Waals surface area contributed by atoms with Crippen LogP contribution in [0.2, 0.25) is 4.34 Å². The van der Waals surface area contributed by atoms with Gasteiger partial charge < -0.3 is 10.2 Å². The number of aryl methyl sites for hydroxylation is 1. The molecule has 2 heterocycles. The molecule has 0 saturated heterocycles. The lowest BCUT2D eigenvalue weighted by Crippen LogP contribution is -2.39. The number of guanidine groups is 1. The van der Waals surface area contributed by atoms with E-state index in [0.717, 1.165) is 29.8 Å². The number of rotatable bonds is 5. The van der Waals surface area contributed by atoms with Crippen LogP contribution < -0.4 is 5.32 Å². The van der Waals surface area contributed by atoms with E-state index in [4.69, 9.17) is 11.6 Å². The molecular weight excluding hydrogens is 443 g/mol. The minimum Gasteiger partial charge on any atom is -0.356 e. The fraction of sp³-hybridized carbons (Fsp3) is 0.375. The monoisotopic (exact) mass is 464 g/mol. The van der Waals surface area contributed by atoms with Crippen molar-refractivity contribution in [3.05, 3.63) is 50.9 Å². The molecule has 126 valence electrons. The molecule has 0 spiro atoms. The van der Waals surface area contributed by atoms with Crippen molar-refractivity contribution in [2.24, 2.45) is 4.99 Å². The van der Waals surface area contributed by atoms with Gasteiger partial charge in [-0.15, -0.1) is 35.3 Å². The minimum absolute atomic E-state index is 0. The van der Waals surface area contributed by atoms with E-state index in [9.17, 15) is 0 Å². The fourth-order valence-electron chi connectivity index (χ4n) is 2.22. The molecule has 0 atom stereocenters. The van der Waals surface area contributed by atoms with Crippen LogP contribution in [0.5, 0.6) is 0 Å². The number of halogens is 2. The molecule has 0 aliphatic rings. The third-order valence-corrected chi connectivity index (χ3v) is 4.63. The molecule has 0 radical (unpaired) electrons. The number of aliphatic imine (C=N–C) groups is 1. The largest absolute Gasteiger partial charge is 0.356 e. The van der Waals surface area contributed by atoms with Crippen molar-refractivity contribution in [3.8, 4) is 0 Å². The molecule has 0 saturated carbocycles. The van der Waals surface area contributed by atoms with Crippen molar-refractivity contribution in [3.63, 3.8) is 0 Å². The number of pyridine rings is 1. The standard InChI is InChI=1S/C16H21ClN4S.HI/c1-12-10-19-8-6-13(12)7-9-20-16(18-2)21(3)11-14-4-5-15(17)22-14;/h4-6,8,10H,7,9,11H2,1-3H3,(H,18,20);1H. The molecule has 4 nitrogen and oxygen atoms in total. The van der Waals surface area contributed by atoms with Crippen molar-refractivity contribution in [1.82, 2.24) is 15.2 Å². The summed E-state index contributed by atoms with van der Waals surface area (Å²) in [6.45, 7) is 3.72. The van der Waals surface area contributed by atoms with E-state index in [2.05, 4.69) is 39.2 Å². The van der Waals surface area contributed by atoms with Crippen LogP contribution in [-0.2, 0) is 13.0 Å². The van der Waals surface area contributed by atoms with Gasteiger partial charge in [0.05, 0.1) is 10.9 Å². The minimum atomic E-state index is 0. The Morgan fingerprint density at radius 2 is 2.17 bits per heavy atom. The maximum atomic E-state index is 5.97. The van der Waals surface area contributed by atoms with Gasteiger partial charge in [0.2, 0.25) is 0 Å². The summed E-state index contributed by atoms with van der Waals surface area (Å²) in [6.07, 6.45) is 4.69. The number of nitrogens with zero attached hydrogens (tertiary/aromatic N) is 3. The number of aromatic nitrogens is 1. The molecule has 2 aromatic rings. The Morgan fingerprint density at radius 3 is 2.78 bits per heavy atom. The first-order valence-corrected chi connectivity index (χ1v) is 8.35. The molecule has 2 aromatic heterocycles. The second kappa shape index (κ2) is 10.1. The van der Waals surface area contributed by atoms with Crippen LogP contribution in [0.25, 0.3) is 0 Å². The molecule has 0 bridgehead atoms. The van der Waals surface area contributed by atoms with Gasteiger partial charge in [-0.3, -0.25) is 9.98 Å². The smallest absolute Gasteiger partial charge is 0.193 e. The van der Waals surface area contributed by atoms with Gasteiger partial charge in [-0.05, 0) is 42.7 Å². The van der Waals surface area contributed by atoms with Gasteiger partial charge in [0.15, 0.2) is 5.96 Å². The van der Waals surface area contributed by atoms with Crippen LogP contribution in [0, 0.1) is 6.92 Å². The Kier molecular flexibility index (Phi) is 8.86. The van der Waals surface area contributed by atoms with Gasteiger partial charge in [0, 0.05) is 37.9 Å². The molecule has 2 rings (SSSR count). The summed E-state index contributed by atoms with van der Waals surface area (Å²) in [6, 6.07) is 6.05. The lowest BCUT2D eigenvalue weighted by molar-refractivity contribution is 0.482. The summed E-state index contributed by atoms with van der Waals surface area (Å²) in [5.41, 5.74) is 2.53. The molecule has 1 N–H and O–H groups in total. The van der Waals surface area contributed by atoms with Crippen molar-refractivity contribution in [2.45, 2.75) is 19.9 Å². The Balaban J connectivity index is 0.00000264. The molecule has 23 heavy (non-hydrogen) atoms. The van der Waals surface area contributed by atoms with Crippen LogP contribution in [-0.4, -0.2) is 36.5 Å². The molecule has 0 aliphatic heterocycles. The van der Waals surface area contributed by atoms with Crippen LogP contribution in [0.4, 0.5) is 0 Å². The maximum Gasteiger partial charge on any atom is 0.193 e. The second-order valence-corrected chi connectivity index (χ2v) is 6.89. The third kappa shape index (κ3) is 6.27. The van der Waals surface area contributed by atoms with Crippen molar-refractivity contribution in [2.75, 3.05) is 20.6 Å². The Hall–Kier alpha value is -0.860. The Bertz CT molecular complexity index is 645. The molecule has 0 aromatic carbocycles. The van der Waals surface area contributed by atoms with Gasteiger partial charge in [0.25, 0.3) is 0 Å². The molecular formula is C16H22ClIN4S. The van der Waals surface area contributed by atoms with E-state index in [-0.39, 0.29) is 24.0 Å². The topological polar surface area (TPSA) is 40.5 Å². The highest BCUT2D eigenvalue weighted by Crippen LogP contribution is 2.22. The average Bonchev–Trinajstić information content (AvgIpc) is 2.90. The highest BCUT2D eigenvalue weighted by molar-refractivity contribution is 14.0. The molecule has 0 aliphatic carbocycles. The van der Waals surface area contributed by atoms with Crippen molar-refractivity contribution in [1.29, 1.82) is 0 Å². The summed E-state index contributed by atoms with van der Waals surface area (Å²) in [5.74, 6) is 0.885. The van der Waals surface area contributed by atoms with Crippen molar-refractivity contribution < 1.29 is 0 Å². The lowest BCUT2D eigenvalue weighted by Gasteiger charge is -2.21. The zero-order chi connectivity index (χ0) is 15.9. The number of hydrogen-bond acceptors (Lipinski definition) is 3. The van der Waals surface area contributed by atoms with E-state index in [1.165, 1.54) is 16.0 Å². The first-order valence-electron chi connectivity index (χ1n) is 7.15. The highest BCUT2D eigenvalue weighted by atomic mass is 127. The maximum absolute atomic E-state index is 5.97. The third-order valence-electron chi connectivity index (χ3n) is 3.41. The average molecular weight is 465 g/mol. The van der Waals surface area contributed by atoms with E-state index in [1.807, 2.05) is 25.5 Å². The van der Waals surface area contributed by atoms with Crippen LogP contribution >= 0.6 is 46.9 Å². The normalized spacial score (nSPS) is 11.0. The fourth-order valence-corrected chi connectivity index (χ4v) is 3.36. The number of hydrogen-bond donors (Lipinski definition) is 1. The molecule has 0 amide bonds. The zero-order valence-electron chi connectivity index (χ0n) is 13.5. The summed E-state index contributed by atoms with van der Waals surface area (Å²) < 4.78 is 0.819. The summed E-state index contributed by atoms with van der Waals surface area (Å²) in [7, 11) is 3.83. The van der Waals surface area contributed by atoms with E-state index >= 15 is 0 Å². The first kappa shape index (κ1) is 20.2. The Morgan fingerprint density at radius 1 is 1.39 bits per heavy atom. The van der Waals surface area contributed by atoms with Crippen LogP contribution in [0.1, 0.15) is 16.0 Å². The van der Waals surface area contributed by atoms with Gasteiger partial charge in [-0.25, -0.2) is 0 Å². The Labute approximate surface area is 164 Å². The predicted octanol–water partition coefficient (Wildman–Crippen LogP) is 3.97. The summed E-state index contributed by atoms with van der Waals surface area (Å²) in [5, 5.41) is 3.40. The molecule has 0 fully saturated rings. The van der Waals surface area contributed by atoms with Gasteiger partial charge >= 0.3 is 0 Å². The van der Waals surface area contributed by atoms with Gasteiger partial charge in [-0.1, -0.05) is 11.6 Å². The first-order chi connectivity index (χ1) is 10.6. The quantitative estimate of drug-likeness (QED) is 0.413. The second-order valence-electron chi connectivity index (χ2n) is 5.09. The van der Waals surface area contributed by atoms with E-state index in [1.54, 1.807) is 18.4 Å². The zero-order valence-corrected chi connectivity index (χ0v) is 17.4. The summed E-state index contributed by atoms with van der Waals surface area (Å²) >= 11 is 7.57. The van der Waals surface area contributed by atoms with Gasteiger partial charge in [0.1, 0.15) is 0 Å².